The first-order valence-electron chi connectivity index (χ1n) is 2.21. The summed E-state index contributed by atoms with van der Waals surface area (Å²) in [6.07, 6.45) is 0. The third-order valence-electron chi connectivity index (χ3n) is 0. The predicted molar refractivity (Wildman–Crippen MR) is 43.5 cm³/mol. The van der Waals surface area contributed by atoms with E-state index < -0.39 is 20.3 Å². The zero-order valence-electron chi connectivity index (χ0n) is 7.53. The van der Waals surface area contributed by atoms with Crippen LogP contribution < -0.4 is 0 Å². The molecule has 112 valence electrons. The van der Waals surface area contributed by atoms with Crippen LogP contribution >= 0.6 is 0 Å². The van der Waals surface area contributed by atoms with Crippen LogP contribution in [0.2, 0.25) is 0 Å². The summed E-state index contributed by atoms with van der Waals surface area (Å²) in [5.74, 6) is 0. The van der Waals surface area contributed by atoms with Gasteiger partial charge < -0.3 is 56.6 Å². The fourth-order valence-corrected chi connectivity index (χ4v) is 0. The summed E-state index contributed by atoms with van der Waals surface area (Å²) >= 11 is 0. The maximum absolute atomic E-state index is 8.36. The molecule has 0 saturated carbocycles. The normalized spacial score (nSPS) is 5.33. The van der Waals surface area contributed by atoms with E-state index in [0.717, 1.165) is 0 Å². The second kappa shape index (κ2) is 29.3. The van der Waals surface area contributed by atoms with Crippen molar-refractivity contribution in [2.45, 2.75) is 0 Å². The van der Waals surface area contributed by atoms with Crippen LogP contribution in [0.1, 0.15) is 0 Å². The molecule has 3 N–H and O–H groups in total. The molecule has 0 heterocycles. The minimum atomic E-state index is -1.75. The third-order valence-corrected chi connectivity index (χ3v) is 0. The molecule has 0 aliphatic carbocycles. The van der Waals surface area contributed by atoms with Gasteiger partial charge in [0.2, 0.25) is 0 Å². The maximum Gasteiger partial charge on any atom is 3.00 e. The number of rotatable bonds is 0. The van der Waals surface area contributed by atoms with E-state index in [1.54, 1.807) is 0 Å². The van der Waals surface area contributed by atoms with E-state index in [9.17, 15) is 0 Å². The van der Waals surface area contributed by atoms with Crippen molar-refractivity contribution in [3.8, 4) is 0 Å². The van der Waals surface area contributed by atoms with Crippen molar-refractivity contribution in [2.24, 2.45) is 0 Å². The molecule has 0 spiro atoms. The largest absolute Gasteiger partial charge is 3.00 e. The van der Waals surface area contributed by atoms with Crippen molar-refractivity contribution in [3.05, 3.63) is 56.1 Å². The van der Waals surface area contributed by atoms with E-state index in [0.29, 0.717) is 0 Å². The van der Waals surface area contributed by atoms with Crippen molar-refractivity contribution in [1.29, 1.82) is 0 Å². The van der Waals surface area contributed by atoms with Crippen molar-refractivity contribution < 1.29 is 53.4 Å². The molecule has 0 saturated heterocycles. The van der Waals surface area contributed by atoms with Crippen LogP contribution in [0.3, 0.4) is 0 Å². The van der Waals surface area contributed by atoms with Gasteiger partial charge in [-0.05, 0) is 0 Å². The summed E-state index contributed by atoms with van der Waals surface area (Å²) in [6.45, 7) is 0. The summed E-state index contributed by atoms with van der Waals surface area (Å²) in [6, 6.07) is 0. The Hall–Kier alpha value is -2.50. The first-order chi connectivity index (χ1) is 6.93. The minimum absolute atomic E-state index is 0. The molecule has 0 aromatic rings. The first-order valence-corrected chi connectivity index (χ1v) is 2.21. The zero-order valence-corrected chi connectivity index (χ0v) is 9.69. The fourth-order valence-electron chi connectivity index (χ4n) is 0. The molecular formula is H3AuN4O13. The Morgan fingerprint density at radius 3 is 0.611 bits per heavy atom. The molecule has 18 heavy (non-hydrogen) atoms. The van der Waals surface area contributed by atoms with E-state index >= 15 is 0 Å². The van der Waals surface area contributed by atoms with Gasteiger partial charge in [-0.25, -0.2) is 0 Å². The smallest absolute Gasteiger partial charge is 0.412 e. The van der Waals surface area contributed by atoms with Gasteiger partial charge in [-0.2, -0.15) is 0 Å². The monoisotopic (exact) mass is 464 g/mol. The molecule has 0 atom stereocenters. The molecular weight excluding hydrogens is 461 g/mol. The van der Waals surface area contributed by atoms with E-state index in [2.05, 4.69) is 0 Å². The SMILES string of the molecule is O.O=[N+]([O-])O.O=[N+]([O-])[O-].O=[N+]([O-])[O-].O=[N+]([O-])[O-].[Au+3]. The van der Waals surface area contributed by atoms with Gasteiger partial charge in [0.25, 0.3) is 5.09 Å². The number of nitrogens with zero attached hydrogens (tertiary/aromatic N) is 4. The quantitative estimate of drug-likeness (QED) is 0.234. The van der Waals surface area contributed by atoms with Crippen LogP contribution in [0.4, 0.5) is 0 Å². The van der Waals surface area contributed by atoms with Crippen molar-refractivity contribution in [2.75, 3.05) is 0 Å². The average Bonchev–Trinajstić information content (AvgIpc) is 1.76. The van der Waals surface area contributed by atoms with Gasteiger partial charge in [0.15, 0.2) is 0 Å². The summed E-state index contributed by atoms with van der Waals surface area (Å²) in [7, 11) is 0. The molecule has 0 bridgehead atoms. The summed E-state index contributed by atoms with van der Waals surface area (Å²) in [4.78, 5) is 33.1. The summed E-state index contributed by atoms with van der Waals surface area (Å²) in [5.41, 5.74) is 0. The molecule has 18 heteroatoms. The van der Waals surface area contributed by atoms with Gasteiger partial charge in [-0.3, -0.25) is 0 Å². The Bertz CT molecular complexity index is 159. The van der Waals surface area contributed by atoms with Crippen LogP contribution in [0.5, 0.6) is 0 Å². The standard InChI is InChI=1S/Au.HNO3.3NO3.H2O/c;4*2-1(3)4;/h;(H,2,3,4);;;;1H2/q+3;;3*-1;. The van der Waals surface area contributed by atoms with Crippen LogP contribution in [-0.4, -0.2) is 31.0 Å². The summed E-state index contributed by atoms with van der Waals surface area (Å²) < 4.78 is 0. The molecule has 0 unspecified atom stereocenters. The molecule has 0 aromatic heterocycles. The van der Waals surface area contributed by atoms with Crippen LogP contribution in [-0.2, 0) is 22.4 Å². The van der Waals surface area contributed by atoms with Crippen LogP contribution in [0.15, 0.2) is 0 Å². The van der Waals surface area contributed by atoms with Crippen LogP contribution in [0.25, 0.3) is 0 Å². The third kappa shape index (κ3) is 338. The van der Waals surface area contributed by atoms with E-state index in [-0.39, 0.29) is 27.9 Å². The maximum atomic E-state index is 8.36. The Labute approximate surface area is 110 Å². The minimum Gasteiger partial charge on any atom is -0.412 e. The fraction of sp³-hybridized carbons (Fsp3) is 0. The molecule has 17 nitrogen and oxygen atoms in total. The van der Waals surface area contributed by atoms with Gasteiger partial charge in [0, 0.05) is 0 Å². The second-order valence-electron chi connectivity index (χ2n) is 0.909. The van der Waals surface area contributed by atoms with Gasteiger partial charge in [0.05, 0.1) is 15.3 Å². The van der Waals surface area contributed by atoms with Crippen molar-refractivity contribution >= 4 is 0 Å². The molecule has 0 fully saturated rings. The van der Waals surface area contributed by atoms with E-state index in [1.807, 2.05) is 0 Å². The molecule has 0 aliphatic rings. The zero-order chi connectivity index (χ0) is 14.3. The van der Waals surface area contributed by atoms with Crippen molar-refractivity contribution in [1.82, 2.24) is 0 Å². The number of hydrogen-bond acceptors (Lipinski definition) is 11. The topological polar surface area (TPSA) is 293 Å². The summed E-state index contributed by atoms with van der Waals surface area (Å²) in [5, 5.41) is 57.9. The molecule has 0 aromatic carbocycles. The van der Waals surface area contributed by atoms with Gasteiger partial charge >= 0.3 is 22.4 Å². The number of hydrogen-bond donors (Lipinski definition) is 1. The molecule has 0 amide bonds. The van der Waals surface area contributed by atoms with Gasteiger partial charge in [-0.1, -0.05) is 0 Å². The Morgan fingerprint density at radius 1 is 0.611 bits per heavy atom. The Morgan fingerprint density at radius 2 is 0.611 bits per heavy atom. The Kier molecular flexibility index (Phi) is 58.7. The van der Waals surface area contributed by atoms with Gasteiger partial charge in [-0.15, -0.1) is 10.1 Å². The first kappa shape index (κ1) is 36.1. The van der Waals surface area contributed by atoms with Crippen molar-refractivity contribution in [3.63, 3.8) is 0 Å². The van der Waals surface area contributed by atoms with Crippen LogP contribution in [0, 0.1) is 56.1 Å². The predicted octanol–water partition coefficient (Wildman–Crippen LogP) is -1.89. The molecule has 0 rings (SSSR count). The van der Waals surface area contributed by atoms with E-state index in [4.69, 9.17) is 61.3 Å². The van der Waals surface area contributed by atoms with E-state index in [1.165, 1.54) is 0 Å². The second-order valence-corrected chi connectivity index (χ2v) is 0.909. The van der Waals surface area contributed by atoms with Gasteiger partial charge in [0.1, 0.15) is 0 Å². The Balaban J connectivity index is -0.0000000257. The molecule has 0 radical (unpaired) electrons. The molecule has 0 aliphatic heterocycles. The average molecular weight is 464 g/mol.